The molecule has 0 unspecified atom stereocenters. The van der Waals surface area contributed by atoms with E-state index in [2.05, 4.69) is 11.8 Å². The van der Waals surface area contributed by atoms with Crippen molar-refractivity contribution in [1.82, 2.24) is 0 Å². The predicted molar refractivity (Wildman–Crippen MR) is 64.7 cm³/mol. The second kappa shape index (κ2) is 4.34. The second-order valence-electron chi connectivity index (χ2n) is 3.91. The van der Waals surface area contributed by atoms with E-state index in [9.17, 15) is 4.79 Å². The van der Waals surface area contributed by atoms with Crippen LogP contribution in [0.15, 0.2) is 23.8 Å². The van der Waals surface area contributed by atoms with Gasteiger partial charge in [0, 0.05) is 11.5 Å². The number of methoxy groups -OCH3 is 1. The van der Waals surface area contributed by atoms with Crippen molar-refractivity contribution in [3.05, 3.63) is 34.9 Å². The molecule has 0 spiro atoms. The maximum Gasteiger partial charge on any atom is 0.382 e. The summed E-state index contributed by atoms with van der Waals surface area (Å²) in [6.45, 7) is 1.97. The Morgan fingerprint density at radius 2 is 2.24 bits per heavy atom. The van der Waals surface area contributed by atoms with Crippen LogP contribution < -0.4 is 4.74 Å². The van der Waals surface area contributed by atoms with Crippen molar-refractivity contribution in [2.45, 2.75) is 13.3 Å². The number of hydrogen-bond acceptors (Lipinski definition) is 2. The quantitative estimate of drug-likeness (QED) is 0.749. The molecule has 86 valence electrons. The molecule has 1 N–H and O–H groups in total. The monoisotopic (exact) mass is 228 g/mol. The van der Waals surface area contributed by atoms with Crippen LogP contribution in [0.2, 0.25) is 0 Å². The number of hydrogen-bond donors (Lipinski definition) is 1. The Morgan fingerprint density at radius 1 is 1.47 bits per heavy atom. The Morgan fingerprint density at radius 3 is 2.88 bits per heavy atom. The van der Waals surface area contributed by atoms with Crippen molar-refractivity contribution < 1.29 is 14.6 Å². The summed E-state index contributed by atoms with van der Waals surface area (Å²) >= 11 is 0. The molecule has 1 aliphatic carbocycles. The molecule has 0 saturated heterocycles. The SMILES string of the molecule is COc1ccc2c(c1)C(C#CC(=O)O)=C(C)C2. The molecule has 1 aromatic carbocycles. The highest BCUT2D eigenvalue weighted by Gasteiger charge is 2.18. The number of ether oxygens (including phenoxy) is 1. The van der Waals surface area contributed by atoms with E-state index in [0.29, 0.717) is 0 Å². The van der Waals surface area contributed by atoms with Crippen LogP contribution >= 0.6 is 0 Å². The number of allylic oxidation sites excluding steroid dienone is 2. The summed E-state index contributed by atoms with van der Waals surface area (Å²) < 4.78 is 5.16. The molecule has 17 heavy (non-hydrogen) atoms. The van der Waals surface area contributed by atoms with Gasteiger partial charge >= 0.3 is 5.97 Å². The molecule has 0 aromatic heterocycles. The molecule has 3 nitrogen and oxygen atoms in total. The molecule has 0 bridgehead atoms. The van der Waals surface area contributed by atoms with Crippen LogP contribution in [0.4, 0.5) is 0 Å². The van der Waals surface area contributed by atoms with Crippen LogP contribution in [0, 0.1) is 11.8 Å². The summed E-state index contributed by atoms with van der Waals surface area (Å²) in [5.41, 5.74) is 4.05. The number of rotatable bonds is 1. The Kier molecular flexibility index (Phi) is 2.88. The smallest absolute Gasteiger partial charge is 0.382 e. The largest absolute Gasteiger partial charge is 0.497 e. The molecule has 0 radical (unpaired) electrons. The van der Waals surface area contributed by atoms with Gasteiger partial charge in [-0.1, -0.05) is 17.6 Å². The van der Waals surface area contributed by atoms with Crippen molar-refractivity contribution in [3.63, 3.8) is 0 Å². The zero-order chi connectivity index (χ0) is 12.4. The third kappa shape index (κ3) is 2.16. The van der Waals surface area contributed by atoms with Gasteiger partial charge in [0.25, 0.3) is 0 Å². The normalized spacial score (nSPS) is 12.8. The molecule has 1 aliphatic rings. The van der Waals surface area contributed by atoms with Gasteiger partial charge in [0.05, 0.1) is 7.11 Å². The van der Waals surface area contributed by atoms with Gasteiger partial charge in [-0.05, 0) is 36.6 Å². The van der Waals surface area contributed by atoms with Crippen molar-refractivity contribution in [2.75, 3.05) is 7.11 Å². The van der Waals surface area contributed by atoms with Crippen LogP contribution in [-0.2, 0) is 11.2 Å². The lowest BCUT2D eigenvalue weighted by Crippen LogP contribution is -1.89. The standard InChI is InChI=1S/C14H12O3/c1-9-7-10-3-4-11(17-2)8-13(10)12(9)5-6-14(15)16/h3-4,8H,7H2,1-2H3,(H,15,16). The first kappa shape index (κ1) is 11.3. The molecule has 0 atom stereocenters. The van der Waals surface area contributed by atoms with E-state index in [1.807, 2.05) is 25.1 Å². The van der Waals surface area contributed by atoms with Gasteiger partial charge < -0.3 is 9.84 Å². The van der Waals surface area contributed by atoms with Crippen LogP contribution in [0.25, 0.3) is 5.57 Å². The van der Waals surface area contributed by atoms with E-state index in [1.54, 1.807) is 7.11 Å². The van der Waals surface area contributed by atoms with Gasteiger partial charge in [-0.2, -0.15) is 0 Å². The highest BCUT2D eigenvalue weighted by molar-refractivity contribution is 5.94. The summed E-state index contributed by atoms with van der Waals surface area (Å²) in [6, 6.07) is 5.80. The highest BCUT2D eigenvalue weighted by Crippen LogP contribution is 2.34. The van der Waals surface area contributed by atoms with E-state index < -0.39 is 5.97 Å². The minimum atomic E-state index is -1.11. The van der Waals surface area contributed by atoms with Crippen molar-refractivity contribution >= 4 is 11.5 Å². The molecule has 0 heterocycles. The first-order valence-electron chi connectivity index (χ1n) is 5.24. The lowest BCUT2D eigenvalue weighted by atomic mass is 10.1. The maximum atomic E-state index is 10.5. The average Bonchev–Trinajstić information content (AvgIpc) is 2.61. The number of benzene rings is 1. The lowest BCUT2D eigenvalue weighted by Gasteiger charge is -2.04. The molecule has 3 heteroatoms. The number of carboxylic acid groups (broad SMARTS) is 1. The lowest BCUT2D eigenvalue weighted by molar-refractivity contribution is -0.130. The fourth-order valence-electron chi connectivity index (χ4n) is 1.96. The topological polar surface area (TPSA) is 46.5 Å². The van der Waals surface area contributed by atoms with Crippen LogP contribution in [0.3, 0.4) is 0 Å². The number of carbonyl (C=O) groups is 1. The van der Waals surface area contributed by atoms with Gasteiger partial charge in [0.1, 0.15) is 5.75 Å². The summed E-state index contributed by atoms with van der Waals surface area (Å²) in [6.07, 6.45) is 0.822. The van der Waals surface area contributed by atoms with Crippen LogP contribution in [0.1, 0.15) is 18.1 Å². The number of carboxylic acids is 1. The average molecular weight is 228 g/mol. The molecule has 2 rings (SSSR count). The van der Waals surface area contributed by atoms with Crippen LogP contribution in [-0.4, -0.2) is 18.2 Å². The first-order chi connectivity index (χ1) is 8.11. The Hall–Kier alpha value is -2.21. The fraction of sp³-hybridized carbons (Fsp3) is 0.214. The van der Waals surface area contributed by atoms with Crippen LogP contribution in [0.5, 0.6) is 5.75 Å². The summed E-state index contributed by atoms with van der Waals surface area (Å²) in [7, 11) is 1.61. The molecule has 0 aliphatic heterocycles. The van der Waals surface area contributed by atoms with Crippen molar-refractivity contribution in [3.8, 4) is 17.6 Å². The molecular formula is C14H12O3. The summed E-state index contributed by atoms with van der Waals surface area (Å²) in [5.74, 6) is 4.52. The number of aliphatic carboxylic acids is 1. The third-order valence-electron chi connectivity index (χ3n) is 2.76. The Labute approximate surface area is 99.7 Å². The summed E-state index contributed by atoms with van der Waals surface area (Å²) in [5, 5.41) is 8.59. The number of fused-ring (bicyclic) bond motifs is 1. The van der Waals surface area contributed by atoms with E-state index >= 15 is 0 Å². The first-order valence-corrected chi connectivity index (χ1v) is 5.24. The minimum absolute atomic E-state index is 0.757. The van der Waals surface area contributed by atoms with Gasteiger partial charge in [-0.25, -0.2) is 4.79 Å². The molecule has 1 aromatic rings. The minimum Gasteiger partial charge on any atom is -0.497 e. The molecule has 0 amide bonds. The van der Waals surface area contributed by atoms with E-state index in [-0.39, 0.29) is 0 Å². The maximum absolute atomic E-state index is 10.5. The molecule has 0 fully saturated rings. The predicted octanol–water partition coefficient (Wildman–Crippen LogP) is 2.11. The zero-order valence-electron chi connectivity index (χ0n) is 9.70. The van der Waals surface area contributed by atoms with Gasteiger partial charge in [0.15, 0.2) is 0 Å². The highest BCUT2D eigenvalue weighted by atomic mass is 16.5. The Balaban J connectivity index is 2.47. The van der Waals surface area contributed by atoms with Crippen molar-refractivity contribution in [1.29, 1.82) is 0 Å². The van der Waals surface area contributed by atoms with Gasteiger partial charge in [-0.3, -0.25) is 0 Å². The molecule has 0 saturated carbocycles. The van der Waals surface area contributed by atoms with E-state index in [0.717, 1.165) is 34.4 Å². The zero-order valence-corrected chi connectivity index (χ0v) is 9.70. The van der Waals surface area contributed by atoms with Gasteiger partial charge in [0.2, 0.25) is 0 Å². The molecular weight excluding hydrogens is 216 g/mol. The van der Waals surface area contributed by atoms with Crippen molar-refractivity contribution in [2.24, 2.45) is 0 Å². The second-order valence-corrected chi connectivity index (χ2v) is 3.91. The third-order valence-corrected chi connectivity index (χ3v) is 2.76. The van der Waals surface area contributed by atoms with E-state index in [4.69, 9.17) is 9.84 Å². The fourth-order valence-corrected chi connectivity index (χ4v) is 1.96. The summed E-state index contributed by atoms with van der Waals surface area (Å²) in [4.78, 5) is 10.5. The van der Waals surface area contributed by atoms with Gasteiger partial charge in [-0.15, -0.1) is 0 Å². The van der Waals surface area contributed by atoms with E-state index in [1.165, 1.54) is 0 Å². The Bertz CT molecular complexity index is 571.